The number of esters is 1. The molecular formula is C21H17N3O2. The van der Waals surface area contributed by atoms with Gasteiger partial charge in [0, 0.05) is 11.8 Å². The second kappa shape index (κ2) is 8.48. The summed E-state index contributed by atoms with van der Waals surface area (Å²) in [7, 11) is 1.36. The molecule has 5 nitrogen and oxygen atoms in total. The van der Waals surface area contributed by atoms with Crippen molar-refractivity contribution in [1.29, 1.82) is 0 Å². The van der Waals surface area contributed by atoms with Crippen LogP contribution in [0.25, 0.3) is 0 Å². The molecule has 0 saturated carbocycles. The first-order chi connectivity index (χ1) is 12.8. The highest BCUT2D eigenvalue weighted by Crippen LogP contribution is 2.22. The van der Waals surface area contributed by atoms with Crippen molar-refractivity contribution < 1.29 is 9.53 Å². The Balaban J connectivity index is 1.78. The lowest BCUT2D eigenvalue weighted by molar-refractivity contribution is 0.0601. The fraction of sp³-hybridized carbons (Fsp3) is 0.0476. The number of benzene rings is 3. The van der Waals surface area contributed by atoms with E-state index in [9.17, 15) is 4.79 Å². The first-order valence-corrected chi connectivity index (χ1v) is 8.04. The predicted molar refractivity (Wildman–Crippen MR) is 102 cm³/mol. The number of nitrogens with zero attached hydrogens (tertiary/aromatic N) is 3. The molecule has 3 aromatic rings. The lowest BCUT2D eigenvalue weighted by Gasteiger charge is -2.00. The molecule has 0 aromatic heterocycles. The monoisotopic (exact) mass is 343 g/mol. The average molecular weight is 343 g/mol. The van der Waals surface area contributed by atoms with Crippen LogP contribution in [0.5, 0.6) is 0 Å². The van der Waals surface area contributed by atoms with Gasteiger partial charge in [-0.2, -0.15) is 5.11 Å². The molecule has 0 N–H and O–H groups in total. The molecule has 0 bridgehead atoms. The Labute approximate surface area is 151 Å². The van der Waals surface area contributed by atoms with Gasteiger partial charge in [-0.1, -0.05) is 36.4 Å². The summed E-state index contributed by atoms with van der Waals surface area (Å²) in [6.07, 6.45) is 1.73. The molecule has 0 saturated heterocycles. The quantitative estimate of drug-likeness (QED) is 0.342. The van der Waals surface area contributed by atoms with E-state index in [-0.39, 0.29) is 5.97 Å². The van der Waals surface area contributed by atoms with Crippen molar-refractivity contribution >= 4 is 29.2 Å². The van der Waals surface area contributed by atoms with Crippen molar-refractivity contribution in [3.8, 4) is 0 Å². The molecule has 26 heavy (non-hydrogen) atoms. The number of azo groups is 1. The second-order valence-electron chi connectivity index (χ2n) is 5.39. The van der Waals surface area contributed by atoms with Gasteiger partial charge in [0.15, 0.2) is 0 Å². The van der Waals surface area contributed by atoms with E-state index in [1.165, 1.54) is 7.11 Å². The zero-order chi connectivity index (χ0) is 18.2. The maximum absolute atomic E-state index is 11.5. The number of carbonyl (C=O) groups excluding carboxylic acids is 1. The Kier molecular flexibility index (Phi) is 5.62. The molecule has 3 aromatic carbocycles. The zero-order valence-corrected chi connectivity index (χ0v) is 14.2. The van der Waals surface area contributed by atoms with Gasteiger partial charge in [0.2, 0.25) is 0 Å². The van der Waals surface area contributed by atoms with Gasteiger partial charge in [-0.3, -0.25) is 4.99 Å². The van der Waals surface area contributed by atoms with E-state index >= 15 is 0 Å². The van der Waals surface area contributed by atoms with Crippen molar-refractivity contribution in [3.05, 3.63) is 90.0 Å². The third-order valence-electron chi connectivity index (χ3n) is 3.61. The van der Waals surface area contributed by atoms with Crippen LogP contribution in [0.15, 0.2) is 94.1 Å². The van der Waals surface area contributed by atoms with E-state index in [2.05, 4.69) is 20.0 Å². The van der Waals surface area contributed by atoms with Gasteiger partial charge >= 0.3 is 5.97 Å². The van der Waals surface area contributed by atoms with Gasteiger partial charge in [-0.25, -0.2) is 4.79 Å². The van der Waals surface area contributed by atoms with Crippen molar-refractivity contribution in [3.63, 3.8) is 0 Å². The summed E-state index contributed by atoms with van der Waals surface area (Å²) in [5.41, 5.74) is 3.59. The number of hydrogen-bond donors (Lipinski definition) is 0. The number of rotatable bonds is 5. The van der Waals surface area contributed by atoms with Crippen molar-refractivity contribution in [2.45, 2.75) is 0 Å². The molecule has 3 rings (SSSR count). The molecule has 0 radical (unpaired) electrons. The summed E-state index contributed by atoms with van der Waals surface area (Å²) in [6.45, 7) is 0. The fourth-order valence-electron chi connectivity index (χ4n) is 2.24. The first-order valence-electron chi connectivity index (χ1n) is 8.04. The van der Waals surface area contributed by atoms with Crippen LogP contribution in [-0.2, 0) is 4.74 Å². The maximum atomic E-state index is 11.5. The molecular weight excluding hydrogens is 326 g/mol. The topological polar surface area (TPSA) is 63.4 Å². The van der Waals surface area contributed by atoms with E-state index in [0.717, 1.165) is 22.6 Å². The molecule has 0 aliphatic rings. The summed E-state index contributed by atoms with van der Waals surface area (Å²) in [6, 6.07) is 24.1. The molecule has 0 aliphatic heterocycles. The standard InChI is InChI=1S/C21H17N3O2/c1-26-21(25)16-11-13-18(14-12-16)22-15-17-7-5-6-10-20(17)24-23-19-8-3-2-4-9-19/h2-15H,1H3. The van der Waals surface area contributed by atoms with E-state index < -0.39 is 0 Å². The van der Waals surface area contributed by atoms with Gasteiger partial charge in [0.1, 0.15) is 0 Å². The molecule has 0 amide bonds. The largest absolute Gasteiger partial charge is 0.465 e. The summed E-state index contributed by atoms with van der Waals surface area (Å²) in [5, 5.41) is 8.55. The van der Waals surface area contributed by atoms with Crippen LogP contribution in [0.2, 0.25) is 0 Å². The summed E-state index contributed by atoms with van der Waals surface area (Å²) < 4.78 is 4.68. The van der Waals surface area contributed by atoms with E-state index in [1.807, 2.05) is 54.6 Å². The normalized spacial score (nSPS) is 11.1. The minimum absolute atomic E-state index is 0.368. The Morgan fingerprint density at radius 2 is 1.50 bits per heavy atom. The number of methoxy groups -OCH3 is 1. The first kappa shape index (κ1) is 17.2. The van der Waals surface area contributed by atoms with Gasteiger partial charge in [-0.15, -0.1) is 5.11 Å². The van der Waals surface area contributed by atoms with Crippen molar-refractivity contribution in [2.24, 2.45) is 15.2 Å². The summed E-state index contributed by atoms with van der Waals surface area (Å²) in [4.78, 5) is 15.9. The van der Waals surface area contributed by atoms with Crippen LogP contribution in [0.1, 0.15) is 15.9 Å². The second-order valence-corrected chi connectivity index (χ2v) is 5.39. The Morgan fingerprint density at radius 3 is 2.23 bits per heavy atom. The van der Waals surface area contributed by atoms with Crippen LogP contribution in [0.3, 0.4) is 0 Å². The molecule has 5 heteroatoms. The van der Waals surface area contributed by atoms with Crippen molar-refractivity contribution in [1.82, 2.24) is 0 Å². The smallest absolute Gasteiger partial charge is 0.337 e. The summed E-state index contributed by atoms with van der Waals surface area (Å²) in [5.74, 6) is -0.368. The lowest BCUT2D eigenvalue weighted by atomic mass is 10.2. The van der Waals surface area contributed by atoms with Crippen LogP contribution in [0, 0.1) is 0 Å². The molecule has 0 heterocycles. The molecule has 128 valence electrons. The summed E-state index contributed by atoms with van der Waals surface area (Å²) >= 11 is 0. The highest BCUT2D eigenvalue weighted by molar-refractivity contribution is 5.90. The van der Waals surface area contributed by atoms with Crippen LogP contribution in [0.4, 0.5) is 17.1 Å². The van der Waals surface area contributed by atoms with Gasteiger partial charge in [0.25, 0.3) is 0 Å². The van der Waals surface area contributed by atoms with Gasteiger partial charge in [0.05, 0.1) is 29.7 Å². The SMILES string of the molecule is COC(=O)c1ccc(N=Cc2ccccc2N=Nc2ccccc2)cc1. The lowest BCUT2D eigenvalue weighted by Crippen LogP contribution is -1.99. The Bertz CT molecular complexity index is 933. The minimum Gasteiger partial charge on any atom is -0.465 e. The van der Waals surface area contributed by atoms with Gasteiger partial charge in [-0.05, 0) is 42.5 Å². The number of ether oxygens (including phenoxy) is 1. The fourth-order valence-corrected chi connectivity index (χ4v) is 2.24. The molecule has 0 atom stereocenters. The van der Waals surface area contributed by atoms with Gasteiger partial charge < -0.3 is 4.74 Å². The highest BCUT2D eigenvalue weighted by atomic mass is 16.5. The maximum Gasteiger partial charge on any atom is 0.337 e. The van der Waals surface area contributed by atoms with Crippen LogP contribution >= 0.6 is 0 Å². The molecule has 0 unspecified atom stereocenters. The third-order valence-corrected chi connectivity index (χ3v) is 3.61. The van der Waals surface area contributed by atoms with Crippen LogP contribution < -0.4 is 0 Å². The molecule has 0 spiro atoms. The van der Waals surface area contributed by atoms with E-state index in [0.29, 0.717) is 5.56 Å². The average Bonchev–Trinajstić information content (AvgIpc) is 2.72. The Hall–Kier alpha value is -3.60. The third kappa shape index (κ3) is 4.48. The minimum atomic E-state index is -0.368. The van der Waals surface area contributed by atoms with Crippen molar-refractivity contribution in [2.75, 3.05) is 7.11 Å². The zero-order valence-electron chi connectivity index (χ0n) is 14.2. The van der Waals surface area contributed by atoms with E-state index in [1.54, 1.807) is 30.5 Å². The number of hydrogen-bond acceptors (Lipinski definition) is 5. The predicted octanol–water partition coefficient (Wildman–Crippen LogP) is 5.64. The number of carbonyl (C=O) groups is 1. The number of aliphatic imine (C=N–C) groups is 1. The Morgan fingerprint density at radius 1 is 0.808 bits per heavy atom. The molecule has 0 fully saturated rings. The van der Waals surface area contributed by atoms with E-state index in [4.69, 9.17) is 0 Å². The molecule has 0 aliphatic carbocycles. The highest BCUT2D eigenvalue weighted by Gasteiger charge is 2.04. The van der Waals surface area contributed by atoms with Crippen LogP contribution in [-0.4, -0.2) is 19.3 Å².